The molecule has 0 amide bonds. The van der Waals surface area contributed by atoms with Gasteiger partial charge in [-0.3, -0.25) is 4.72 Å². The largest absolute Gasteiger partial charge is 0.312 e. The summed E-state index contributed by atoms with van der Waals surface area (Å²) in [5.41, 5.74) is 3.62. The van der Waals surface area contributed by atoms with E-state index in [2.05, 4.69) is 14.5 Å². The molecule has 146 valence electrons. The molecular formula is C18H22Cl2N4O2S. The normalized spacial score (nSPS) is 17.8. The average Bonchev–Trinajstić information content (AvgIpc) is 2.53. The number of nitrogens with zero attached hydrogens (tertiary/aromatic N) is 2. The summed E-state index contributed by atoms with van der Waals surface area (Å²) in [6.45, 7) is 1.54. The fourth-order valence-electron chi connectivity index (χ4n) is 3.37. The number of likely N-dealkylation sites (N-methyl/N-ethyl adjacent to an activating group) is 1. The lowest BCUT2D eigenvalue weighted by Gasteiger charge is -2.33. The fraction of sp³-hybridized carbons (Fsp3) is 0.333. The van der Waals surface area contributed by atoms with Gasteiger partial charge in [-0.1, -0.05) is 35.3 Å². The standard InChI is InChI=1S/C18H22Cl2N4O2S/c1-23(2)22-27(25,26)21-14-6-4-5-12(7-14)16-10-24(3)11-17-15(16)8-13(19)9-18(17)20/h4-9,16,21-22H,10-11H2,1-3H3. The summed E-state index contributed by atoms with van der Waals surface area (Å²) in [5, 5.41) is 2.61. The predicted octanol–water partition coefficient (Wildman–Crippen LogP) is 3.29. The highest BCUT2D eigenvalue weighted by molar-refractivity contribution is 7.90. The van der Waals surface area contributed by atoms with Crippen LogP contribution in [-0.2, 0) is 16.8 Å². The van der Waals surface area contributed by atoms with Crippen molar-refractivity contribution < 1.29 is 8.42 Å². The first kappa shape index (κ1) is 20.4. The van der Waals surface area contributed by atoms with Gasteiger partial charge in [-0.25, -0.2) is 5.01 Å². The molecular weight excluding hydrogens is 407 g/mol. The monoisotopic (exact) mass is 428 g/mol. The minimum atomic E-state index is -3.69. The second-order valence-electron chi connectivity index (χ2n) is 6.92. The van der Waals surface area contributed by atoms with Gasteiger partial charge in [0.1, 0.15) is 0 Å². The molecule has 6 nitrogen and oxygen atoms in total. The van der Waals surface area contributed by atoms with Gasteiger partial charge in [0.05, 0.1) is 5.69 Å². The molecule has 2 N–H and O–H groups in total. The van der Waals surface area contributed by atoms with Crippen molar-refractivity contribution in [2.45, 2.75) is 12.5 Å². The Morgan fingerprint density at radius 1 is 1.19 bits per heavy atom. The Balaban J connectivity index is 1.97. The summed E-state index contributed by atoms with van der Waals surface area (Å²) < 4.78 is 26.8. The highest BCUT2D eigenvalue weighted by Gasteiger charge is 2.27. The molecule has 0 saturated heterocycles. The van der Waals surface area contributed by atoms with E-state index in [-0.39, 0.29) is 5.92 Å². The molecule has 0 radical (unpaired) electrons. The van der Waals surface area contributed by atoms with Crippen LogP contribution in [0.15, 0.2) is 36.4 Å². The summed E-state index contributed by atoms with van der Waals surface area (Å²) in [7, 11) is 1.56. The zero-order valence-corrected chi connectivity index (χ0v) is 17.7. The molecule has 0 saturated carbocycles. The Hall–Kier alpha value is -1.35. The van der Waals surface area contributed by atoms with E-state index in [4.69, 9.17) is 23.2 Å². The third-order valence-corrected chi connectivity index (χ3v) is 6.00. The van der Waals surface area contributed by atoms with E-state index in [1.165, 1.54) is 5.01 Å². The SMILES string of the molecule is CN1Cc2c(Cl)cc(Cl)cc2C(c2cccc(NS(=O)(=O)NN(C)C)c2)C1. The van der Waals surface area contributed by atoms with Gasteiger partial charge < -0.3 is 4.90 Å². The zero-order valence-electron chi connectivity index (χ0n) is 15.3. The minimum Gasteiger partial charge on any atom is -0.301 e. The molecule has 1 heterocycles. The maximum absolute atomic E-state index is 12.1. The highest BCUT2D eigenvalue weighted by Crippen LogP contribution is 2.38. The van der Waals surface area contributed by atoms with Crippen molar-refractivity contribution in [1.29, 1.82) is 0 Å². The Kier molecular flexibility index (Phi) is 6.00. The van der Waals surface area contributed by atoms with Crippen LogP contribution >= 0.6 is 23.2 Å². The van der Waals surface area contributed by atoms with Crippen LogP contribution in [0.1, 0.15) is 22.6 Å². The van der Waals surface area contributed by atoms with E-state index in [1.54, 1.807) is 26.2 Å². The van der Waals surface area contributed by atoms with E-state index >= 15 is 0 Å². The third-order valence-electron chi connectivity index (χ3n) is 4.34. The zero-order chi connectivity index (χ0) is 19.8. The van der Waals surface area contributed by atoms with E-state index in [1.807, 2.05) is 31.3 Å². The molecule has 1 atom stereocenters. The molecule has 1 aliphatic heterocycles. The minimum absolute atomic E-state index is 0.0428. The van der Waals surface area contributed by atoms with Gasteiger partial charge in [0.15, 0.2) is 0 Å². The van der Waals surface area contributed by atoms with Gasteiger partial charge in [0, 0.05) is 43.1 Å². The van der Waals surface area contributed by atoms with Crippen molar-refractivity contribution in [1.82, 2.24) is 14.7 Å². The Morgan fingerprint density at radius 3 is 2.63 bits per heavy atom. The smallest absolute Gasteiger partial charge is 0.301 e. The van der Waals surface area contributed by atoms with Crippen molar-refractivity contribution in [3.63, 3.8) is 0 Å². The second kappa shape index (κ2) is 7.95. The fourth-order valence-corrected chi connectivity index (χ4v) is 4.90. The van der Waals surface area contributed by atoms with E-state index in [9.17, 15) is 8.42 Å². The summed E-state index contributed by atoms with van der Waals surface area (Å²) in [4.78, 5) is 4.55. The molecule has 9 heteroatoms. The molecule has 2 aromatic rings. The van der Waals surface area contributed by atoms with Crippen molar-refractivity contribution in [2.24, 2.45) is 0 Å². The first-order valence-corrected chi connectivity index (χ1v) is 10.6. The number of hydrazine groups is 1. The molecule has 0 fully saturated rings. The average molecular weight is 429 g/mol. The molecule has 1 aliphatic rings. The number of halogens is 2. The van der Waals surface area contributed by atoms with Gasteiger partial charge >= 0.3 is 10.2 Å². The van der Waals surface area contributed by atoms with Crippen LogP contribution in [0.2, 0.25) is 10.0 Å². The Bertz CT molecular complexity index is 950. The van der Waals surface area contributed by atoms with E-state index < -0.39 is 10.2 Å². The quantitative estimate of drug-likeness (QED) is 0.716. The Morgan fingerprint density at radius 2 is 1.93 bits per heavy atom. The van der Waals surface area contributed by atoms with Gasteiger partial charge in [-0.05, 0) is 48.0 Å². The first-order chi connectivity index (χ1) is 12.6. The van der Waals surface area contributed by atoms with Crippen LogP contribution in [0.5, 0.6) is 0 Å². The van der Waals surface area contributed by atoms with E-state index in [0.717, 1.165) is 29.8 Å². The summed E-state index contributed by atoms with van der Waals surface area (Å²) in [6.07, 6.45) is 0. The van der Waals surface area contributed by atoms with Crippen LogP contribution in [0.3, 0.4) is 0 Å². The van der Waals surface area contributed by atoms with Crippen molar-refractivity contribution in [3.05, 3.63) is 63.1 Å². The third kappa shape index (κ3) is 4.93. The number of nitrogens with one attached hydrogen (secondary N) is 2. The molecule has 0 bridgehead atoms. The number of rotatable bonds is 5. The summed E-state index contributed by atoms with van der Waals surface area (Å²) in [5.74, 6) is 0.0428. The summed E-state index contributed by atoms with van der Waals surface area (Å²) >= 11 is 12.7. The summed E-state index contributed by atoms with van der Waals surface area (Å²) in [6, 6.07) is 11.1. The molecule has 2 aromatic carbocycles. The van der Waals surface area contributed by atoms with Crippen LogP contribution in [0.25, 0.3) is 0 Å². The van der Waals surface area contributed by atoms with E-state index in [0.29, 0.717) is 15.7 Å². The van der Waals surface area contributed by atoms with Gasteiger partial charge in [0.2, 0.25) is 0 Å². The van der Waals surface area contributed by atoms with Crippen molar-refractivity contribution in [2.75, 3.05) is 32.4 Å². The van der Waals surface area contributed by atoms with Crippen LogP contribution in [-0.4, -0.2) is 46.0 Å². The van der Waals surface area contributed by atoms with Crippen LogP contribution in [0.4, 0.5) is 5.69 Å². The van der Waals surface area contributed by atoms with Gasteiger partial charge in [0.25, 0.3) is 0 Å². The van der Waals surface area contributed by atoms with Gasteiger partial charge in [-0.15, -0.1) is 4.83 Å². The number of anilines is 1. The maximum atomic E-state index is 12.1. The number of benzene rings is 2. The Labute approximate surface area is 170 Å². The predicted molar refractivity (Wildman–Crippen MR) is 110 cm³/mol. The second-order valence-corrected chi connectivity index (χ2v) is 9.16. The molecule has 3 rings (SSSR count). The molecule has 0 aliphatic carbocycles. The first-order valence-electron chi connectivity index (χ1n) is 8.38. The molecule has 1 unspecified atom stereocenters. The van der Waals surface area contributed by atoms with Crippen LogP contribution < -0.4 is 9.55 Å². The highest BCUT2D eigenvalue weighted by atomic mass is 35.5. The molecule has 0 aromatic heterocycles. The maximum Gasteiger partial charge on any atom is 0.312 e. The lowest BCUT2D eigenvalue weighted by Crippen LogP contribution is -2.39. The number of hydrogen-bond donors (Lipinski definition) is 2. The molecule has 0 spiro atoms. The topological polar surface area (TPSA) is 64.7 Å². The number of hydrogen-bond acceptors (Lipinski definition) is 4. The van der Waals surface area contributed by atoms with Crippen molar-refractivity contribution in [3.8, 4) is 0 Å². The van der Waals surface area contributed by atoms with Crippen LogP contribution in [0, 0.1) is 0 Å². The lowest BCUT2D eigenvalue weighted by molar-refractivity contribution is 0.295. The van der Waals surface area contributed by atoms with Gasteiger partial charge in [-0.2, -0.15) is 8.42 Å². The molecule has 27 heavy (non-hydrogen) atoms. The number of fused-ring (bicyclic) bond motifs is 1. The van der Waals surface area contributed by atoms with Crippen molar-refractivity contribution >= 4 is 39.1 Å². The lowest BCUT2D eigenvalue weighted by atomic mass is 9.84.